The highest BCUT2D eigenvalue weighted by Gasteiger charge is 2.38. The van der Waals surface area contributed by atoms with Gasteiger partial charge in [-0.15, -0.1) is 0 Å². The first-order valence-electron chi connectivity index (χ1n) is 11.2. The van der Waals surface area contributed by atoms with Crippen LogP contribution in [0.4, 0.5) is 13.6 Å². The van der Waals surface area contributed by atoms with Crippen LogP contribution in [0.2, 0.25) is 0 Å². The summed E-state index contributed by atoms with van der Waals surface area (Å²) in [4.78, 5) is 21.5. The van der Waals surface area contributed by atoms with Gasteiger partial charge in [0.15, 0.2) is 5.82 Å². The molecule has 1 aromatic carbocycles. The zero-order chi connectivity index (χ0) is 22.9. The molecule has 11 heteroatoms. The van der Waals surface area contributed by atoms with Crippen LogP contribution in [0.1, 0.15) is 54.3 Å². The molecule has 0 spiro atoms. The number of carbonyl (C=O) groups is 1. The molecule has 3 heterocycles. The number of hydrogen-bond donors (Lipinski definition) is 0. The van der Waals surface area contributed by atoms with Crippen molar-refractivity contribution in [1.82, 2.24) is 19.9 Å². The highest BCUT2D eigenvalue weighted by molar-refractivity contribution is 7.85. The van der Waals surface area contributed by atoms with E-state index in [2.05, 4.69) is 14.9 Å². The number of nitrogens with zero attached hydrogens (tertiary/aromatic N) is 4. The van der Waals surface area contributed by atoms with Crippen molar-refractivity contribution in [2.24, 2.45) is 0 Å². The number of likely N-dealkylation sites (tertiary alicyclic amines) is 1. The summed E-state index contributed by atoms with van der Waals surface area (Å²) >= 11 is 0. The standard InChI is InChI=1S/C22H26F2N4O4S/c23-21(24)31-18-5-3-14(4-6-18)16-11-17(20-25-19(26-32-20)15-1-2-15)13-28(12-16)22(29)27-7-9-33(30)10-8-27/h3-6,15-17,21H,1-2,7-13H2. The van der Waals surface area contributed by atoms with Gasteiger partial charge in [-0.3, -0.25) is 4.21 Å². The van der Waals surface area contributed by atoms with Crippen LogP contribution in [0.25, 0.3) is 0 Å². The zero-order valence-corrected chi connectivity index (χ0v) is 18.9. The van der Waals surface area contributed by atoms with Crippen LogP contribution in [0, 0.1) is 0 Å². The fraction of sp³-hybridized carbons (Fsp3) is 0.591. The Bertz CT molecular complexity index is 1000. The minimum Gasteiger partial charge on any atom is -0.435 e. The molecule has 1 aliphatic carbocycles. The topological polar surface area (TPSA) is 88.8 Å². The van der Waals surface area contributed by atoms with Gasteiger partial charge >= 0.3 is 12.6 Å². The van der Waals surface area contributed by atoms with E-state index in [9.17, 15) is 17.8 Å². The largest absolute Gasteiger partial charge is 0.435 e. The third kappa shape index (κ3) is 5.18. The van der Waals surface area contributed by atoms with E-state index in [4.69, 9.17) is 4.52 Å². The third-order valence-corrected chi connectivity index (χ3v) is 7.77. The molecule has 1 aromatic heterocycles. The lowest BCUT2D eigenvalue weighted by atomic mass is 9.84. The molecule has 5 rings (SSSR count). The van der Waals surface area contributed by atoms with Gasteiger partial charge in [-0.1, -0.05) is 17.3 Å². The van der Waals surface area contributed by atoms with Crippen molar-refractivity contribution in [2.45, 2.75) is 43.6 Å². The molecule has 8 nitrogen and oxygen atoms in total. The number of alkyl halides is 2. The summed E-state index contributed by atoms with van der Waals surface area (Å²) in [6.45, 7) is -0.964. The lowest BCUT2D eigenvalue weighted by molar-refractivity contribution is -0.0498. The van der Waals surface area contributed by atoms with Crippen molar-refractivity contribution in [1.29, 1.82) is 0 Å². The Morgan fingerprint density at radius 2 is 1.76 bits per heavy atom. The molecule has 0 N–H and O–H groups in total. The number of hydrogen-bond acceptors (Lipinski definition) is 6. The van der Waals surface area contributed by atoms with Gasteiger partial charge in [-0.05, 0) is 37.0 Å². The van der Waals surface area contributed by atoms with Gasteiger partial charge in [0.05, 0.1) is 5.92 Å². The molecule has 2 unspecified atom stereocenters. The summed E-state index contributed by atoms with van der Waals surface area (Å²) in [5.74, 6) is 2.58. The second kappa shape index (κ2) is 9.36. The predicted molar refractivity (Wildman–Crippen MR) is 116 cm³/mol. The molecule has 1 saturated carbocycles. The monoisotopic (exact) mass is 480 g/mol. The van der Waals surface area contributed by atoms with Crippen molar-refractivity contribution in [3.63, 3.8) is 0 Å². The summed E-state index contributed by atoms with van der Waals surface area (Å²) in [7, 11) is -0.869. The number of piperidine rings is 1. The molecule has 0 bridgehead atoms. The van der Waals surface area contributed by atoms with Gasteiger partial charge in [-0.25, -0.2) is 4.79 Å². The minimum absolute atomic E-state index is 0.0245. The van der Waals surface area contributed by atoms with Crippen LogP contribution in [-0.2, 0) is 10.8 Å². The lowest BCUT2D eigenvalue weighted by Gasteiger charge is -2.40. The molecule has 0 radical (unpaired) electrons. The molecule has 2 saturated heterocycles. The number of ether oxygens (including phenoxy) is 1. The summed E-state index contributed by atoms with van der Waals surface area (Å²) < 4.78 is 46.8. The smallest absolute Gasteiger partial charge is 0.387 e. The number of urea groups is 1. The van der Waals surface area contributed by atoms with Gasteiger partial charge in [-0.2, -0.15) is 13.8 Å². The Morgan fingerprint density at radius 3 is 2.42 bits per heavy atom. The van der Waals surface area contributed by atoms with Gasteiger partial charge in [0.1, 0.15) is 5.75 Å². The average Bonchev–Trinajstić information content (AvgIpc) is 3.55. The van der Waals surface area contributed by atoms with Crippen LogP contribution in [0.5, 0.6) is 5.75 Å². The first-order chi connectivity index (χ1) is 16.0. The number of halogens is 2. The second-order valence-corrected chi connectivity index (χ2v) is 10.6. The molecule has 3 aliphatic rings. The molecule has 2 aliphatic heterocycles. The van der Waals surface area contributed by atoms with Crippen molar-refractivity contribution in [3.05, 3.63) is 41.5 Å². The summed E-state index contributed by atoms with van der Waals surface area (Å²) in [6, 6.07) is 6.49. The van der Waals surface area contributed by atoms with Crippen LogP contribution < -0.4 is 4.74 Å². The number of rotatable bonds is 5. The maximum absolute atomic E-state index is 13.3. The van der Waals surface area contributed by atoms with E-state index in [0.29, 0.717) is 55.9 Å². The Balaban J connectivity index is 1.36. The van der Waals surface area contributed by atoms with E-state index in [-0.39, 0.29) is 23.6 Å². The van der Waals surface area contributed by atoms with Crippen molar-refractivity contribution in [3.8, 4) is 5.75 Å². The van der Waals surface area contributed by atoms with E-state index in [1.54, 1.807) is 21.9 Å². The molecule has 178 valence electrons. The fourth-order valence-corrected chi connectivity index (χ4v) is 5.60. The van der Waals surface area contributed by atoms with Crippen LogP contribution in [0.15, 0.2) is 28.8 Å². The van der Waals surface area contributed by atoms with Crippen LogP contribution >= 0.6 is 0 Å². The normalized spacial score (nSPS) is 24.3. The third-order valence-electron chi connectivity index (χ3n) is 6.50. The van der Waals surface area contributed by atoms with Crippen molar-refractivity contribution < 1.29 is 27.0 Å². The first-order valence-corrected chi connectivity index (χ1v) is 12.7. The molecule has 33 heavy (non-hydrogen) atoms. The molecule has 2 amide bonds. The molecular weight excluding hydrogens is 454 g/mol. The maximum Gasteiger partial charge on any atom is 0.387 e. The number of benzene rings is 1. The Kier molecular flexibility index (Phi) is 6.31. The highest BCUT2D eigenvalue weighted by atomic mass is 32.2. The summed E-state index contributed by atoms with van der Waals surface area (Å²) in [6.07, 6.45) is 2.84. The highest BCUT2D eigenvalue weighted by Crippen LogP contribution is 2.40. The average molecular weight is 481 g/mol. The summed E-state index contributed by atoms with van der Waals surface area (Å²) in [5, 5.41) is 4.14. The van der Waals surface area contributed by atoms with Crippen LogP contribution in [0.3, 0.4) is 0 Å². The molecule has 2 atom stereocenters. The number of aromatic nitrogens is 2. The fourth-order valence-electron chi connectivity index (χ4n) is 4.55. The first kappa shape index (κ1) is 22.2. The van der Waals surface area contributed by atoms with E-state index < -0.39 is 17.4 Å². The molecule has 2 aromatic rings. The summed E-state index contributed by atoms with van der Waals surface area (Å²) in [5.41, 5.74) is 0.931. The van der Waals surface area contributed by atoms with Gasteiger partial charge in [0.25, 0.3) is 0 Å². The number of amides is 2. The van der Waals surface area contributed by atoms with E-state index >= 15 is 0 Å². The maximum atomic E-state index is 13.3. The Morgan fingerprint density at radius 1 is 1.06 bits per heavy atom. The lowest BCUT2D eigenvalue weighted by Crippen LogP contribution is -2.52. The van der Waals surface area contributed by atoms with Gasteiger partial charge in [0, 0.05) is 60.3 Å². The van der Waals surface area contributed by atoms with Gasteiger partial charge in [0.2, 0.25) is 5.89 Å². The predicted octanol–water partition coefficient (Wildman–Crippen LogP) is 3.31. The van der Waals surface area contributed by atoms with Crippen LogP contribution in [-0.4, -0.2) is 74.5 Å². The van der Waals surface area contributed by atoms with E-state index in [0.717, 1.165) is 24.2 Å². The molecule has 3 fully saturated rings. The van der Waals surface area contributed by atoms with E-state index in [1.165, 1.54) is 12.1 Å². The molecular formula is C22H26F2N4O4S. The zero-order valence-electron chi connectivity index (χ0n) is 18.1. The Labute approximate surface area is 192 Å². The second-order valence-electron chi connectivity index (χ2n) is 8.86. The van der Waals surface area contributed by atoms with Gasteiger partial charge < -0.3 is 19.1 Å². The van der Waals surface area contributed by atoms with Crippen molar-refractivity contribution >= 4 is 16.8 Å². The van der Waals surface area contributed by atoms with Crippen molar-refractivity contribution in [2.75, 3.05) is 37.7 Å². The quantitative estimate of drug-likeness (QED) is 0.653. The Hall–Kier alpha value is -2.56. The minimum atomic E-state index is -2.87. The number of carbonyl (C=O) groups excluding carboxylic acids is 1. The van der Waals surface area contributed by atoms with E-state index in [1.807, 2.05) is 0 Å². The SMILES string of the molecule is O=C(N1CCS(=O)CC1)N1CC(c2ccc(OC(F)F)cc2)CC(c2nc(C3CC3)no2)C1.